The first-order valence-electron chi connectivity index (χ1n) is 8.44. The Bertz CT molecular complexity index is 668. The molecule has 9 heteroatoms. The normalized spacial score (nSPS) is 12.5. The second-order valence-electron chi connectivity index (χ2n) is 7.09. The van der Waals surface area contributed by atoms with Gasteiger partial charge in [0, 0.05) is 24.7 Å². The van der Waals surface area contributed by atoms with E-state index in [0.29, 0.717) is 11.5 Å². The number of nitrogens with one attached hydrogen (secondary N) is 3. The number of nitrogens with zero attached hydrogens (tertiary/aromatic N) is 1. The van der Waals surface area contributed by atoms with Crippen molar-refractivity contribution in [1.82, 2.24) is 16.0 Å². The minimum Gasteiger partial charge on any atom is -0.484 e. The Balaban J connectivity index is 2.66. The van der Waals surface area contributed by atoms with Gasteiger partial charge in [-0.1, -0.05) is 12.1 Å². The average molecular weight is 388 g/mol. The van der Waals surface area contributed by atoms with Crippen LogP contribution in [0, 0.1) is 6.92 Å². The van der Waals surface area contributed by atoms with Crippen molar-refractivity contribution in [3.63, 3.8) is 0 Å². The van der Waals surface area contributed by atoms with E-state index >= 15 is 0 Å². The van der Waals surface area contributed by atoms with E-state index in [0.717, 1.165) is 5.56 Å². The van der Waals surface area contributed by atoms with Gasteiger partial charge in [0.2, 0.25) is 5.91 Å². The molecule has 0 aliphatic heterocycles. The lowest BCUT2D eigenvalue weighted by atomic mass is 10.1. The SMILES string of the molecule is CN=C(NCC(=O)NC(C)(C)C)NCc1ccc(C)cc1OCC(F)(F)F. The van der Waals surface area contributed by atoms with Gasteiger partial charge in [-0.3, -0.25) is 9.79 Å². The van der Waals surface area contributed by atoms with Crippen LogP contribution in [-0.2, 0) is 11.3 Å². The van der Waals surface area contributed by atoms with E-state index in [1.807, 2.05) is 20.8 Å². The van der Waals surface area contributed by atoms with Crippen LogP contribution >= 0.6 is 0 Å². The number of carbonyl (C=O) groups excluding carboxylic acids is 1. The number of halogens is 3. The third-order valence-corrected chi connectivity index (χ3v) is 3.21. The van der Waals surface area contributed by atoms with Crippen LogP contribution in [0.25, 0.3) is 0 Å². The molecule has 27 heavy (non-hydrogen) atoms. The second-order valence-corrected chi connectivity index (χ2v) is 7.09. The Morgan fingerprint density at radius 3 is 2.41 bits per heavy atom. The first-order valence-corrected chi connectivity index (χ1v) is 8.44. The fourth-order valence-electron chi connectivity index (χ4n) is 2.13. The molecule has 0 fully saturated rings. The average Bonchev–Trinajstić information content (AvgIpc) is 2.52. The van der Waals surface area contributed by atoms with Crippen molar-refractivity contribution in [3.8, 4) is 5.75 Å². The van der Waals surface area contributed by atoms with Gasteiger partial charge in [0.05, 0.1) is 6.54 Å². The monoisotopic (exact) mass is 388 g/mol. The van der Waals surface area contributed by atoms with Gasteiger partial charge in [0.1, 0.15) is 5.75 Å². The third kappa shape index (κ3) is 9.72. The van der Waals surface area contributed by atoms with E-state index < -0.39 is 12.8 Å². The maximum absolute atomic E-state index is 12.4. The molecule has 0 heterocycles. The molecular formula is C18H27F3N4O2. The number of ether oxygens (including phenoxy) is 1. The van der Waals surface area contributed by atoms with Crippen LogP contribution in [0.3, 0.4) is 0 Å². The number of benzene rings is 1. The van der Waals surface area contributed by atoms with Crippen LogP contribution in [0.1, 0.15) is 31.9 Å². The van der Waals surface area contributed by atoms with E-state index in [9.17, 15) is 18.0 Å². The number of hydrogen-bond acceptors (Lipinski definition) is 3. The molecule has 0 atom stereocenters. The zero-order valence-corrected chi connectivity index (χ0v) is 16.3. The maximum atomic E-state index is 12.4. The topological polar surface area (TPSA) is 74.8 Å². The summed E-state index contributed by atoms with van der Waals surface area (Å²) >= 11 is 0. The number of aliphatic imine (C=N–C) groups is 1. The van der Waals surface area contributed by atoms with Gasteiger partial charge in [-0.25, -0.2) is 0 Å². The van der Waals surface area contributed by atoms with Crippen molar-refractivity contribution in [3.05, 3.63) is 29.3 Å². The Kier molecular flexibility index (Phi) is 7.93. The molecule has 1 aromatic carbocycles. The standard InChI is InChI=1S/C18H27F3N4O2/c1-12-6-7-13(14(8-12)27-11-18(19,20)21)9-23-16(22-5)24-10-15(26)25-17(2,3)4/h6-8H,9-11H2,1-5H3,(H,25,26)(H2,22,23,24). The van der Waals surface area contributed by atoms with Crippen molar-refractivity contribution in [2.24, 2.45) is 4.99 Å². The summed E-state index contributed by atoms with van der Waals surface area (Å²) in [5.41, 5.74) is 0.992. The van der Waals surface area contributed by atoms with Crippen LogP contribution in [0.2, 0.25) is 0 Å². The van der Waals surface area contributed by atoms with Crippen molar-refractivity contribution in [2.45, 2.75) is 46.0 Å². The largest absolute Gasteiger partial charge is 0.484 e. The molecule has 6 nitrogen and oxygen atoms in total. The molecule has 152 valence electrons. The van der Waals surface area contributed by atoms with E-state index in [-0.39, 0.29) is 30.3 Å². The molecule has 1 rings (SSSR count). The summed E-state index contributed by atoms with van der Waals surface area (Å²) in [6.07, 6.45) is -4.41. The molecule has 0 saturated carbocycles. The Morgan fingerprint density at radius 1 is 1.19 bits per heavy atom. The molecule has 0 spiro atoms. The molecule has 0 aliphatic carbocycles. The van der Waals surface area contributed by atoms with Crippen molar-refractivity contribution < 1.29 is 22.7 Å². The summed E-state index contributed by atoms with van der Waals surface area (Å²) in [5, 5.41) is 8.62. The molecule has 3 N–H and O–H groups in total. The van der Waals surface area contributed by atoms with E-state index in [2.05, 4.69) is 20.9 Å². The molecule has 0 unspecified atom stereocenters. The first-order chi connectivity index (χ1) is 12.4. The lowest BCUT2D eigenvalue weighted by molar-refractivity contribution is -0.153. The van der Waals surface area contributed by atoms with Gasteiger partial charge in [-0.05, 0) is 39.3 Å². The molecular weight excluding hydrogens is 361 g/mol. The van der Waals surface area contributed by atoms with E-state index in [4.69, 9.17) is 4.74 Å². The van der Waals surface area contributed by atoms with Crippen LogP contribution < -0.4 is 20.7 Å². The minimum atomic E-state index is -4.41. The van der Waals surface area contributed by atoms with Gasteiger partial charge in [-0.2, -0.15) is 13.2 Å². The predicted octanol–water partition coefficient (Wildman–Crippen LogP) is 2.52. The van der Waals surface area contributed by atoms with Gasteiger partial charge >= 0.3 is 6.18 Å². The highest BCUT2D eigenvalue weighted by Crippen LogP contribution is 2.23. The molecule has 0 aliphatic rings. The van der Waals surface area contributed by atoms with Gasteiger partial charge in [0.15, 0.2) is 12.6 Å². The zero-order valence-electron chi connectivity index (χ0n) is 16.3. The summed E-state index contributed by atoms with van der Waals surface area (Å²) < 4.78 is 42.2. The molecule has 0 saturated heterocycles. The van der Waals surface area contributed by atoms with Gasteiger partial charge < -0.3 is 20.7 Å². The summed E-state index contributed by atoms with van der Waals surface area (Å²) in [5.74, 6) is 0.303. The summed E-state index contributed by atoms with van der Waals surface area (Å²) in [4.78, 5) is 15.8. The molecule has 1 aromatic rings. The summed E-state index contributed by atoms with van der Waals surface area (Å²) in [7, 11) is 1.53. The lowest BCUT2D eigenvalue weighted by Gasteiger charge is -2.21. The quantitative estimate of drug-likeness (QED) is 0.517. The zero-order chi connectivity index (χ0) is 20.7. The lowest BCUT2D eigenvalue weighted by Crippen LogP contribution is -2.48. The van der Waals surface area contributed by atoms with E-state index in [1.165, 1.54) is 7.05 Å². The fraction of sp³-hybridized carbons (Fsp3) is 0.556. The second kappa shape index (κ2) is 9.48. The highest BCUT2D eigenvalue weighted by molar-refractivity contribution is 5.86. The minimum absolute atomic E-state index is 0.0161. The molecule has 0 radical (unpaired) electrons. The van der Waals surface area contributed by atoms with Crippen LogP contribution in [0.15, 0.2) is 23.2 Å². The molecule has 1 amide bonds. The molecule has 0 bridgehead atoms. The van der Waals surface area contributed by atoms with Gasteiger partial charge in [-0.15, -0.1) is 0 Å². The smallest absolute Gasteiger partial charge is 0.422 e. The number of hydrogen-bond donors (Lipinski definition) is 3. The number of carbonyl (C=O) groups is 1. The van der Waals surface area contributed by atoms with Gasteiger partial charge in [0.25, 0.3) is 0 Å². The Morgan fingerprint density at radius 2 is 1.85 bits per heavy atom. The Labute approximate surface area is 157 Å². The van der Waals surface area contributed by atoms with Crippen LogP contribution in [0.5, 0.6) is 5.75 Å². The van der Waals surface area contributed by atoms with Crippen molar-refractivity contribution >= 4 is 11.9 Å². The number of aryl methyl sites for hydroxylation is 1. The number of amides is 1. The van der Waals surface area contributed by atoms with E-state index in [1.54, 1.807) is 25.1 Å². The molecule has 0 aromatic heterocycles. The summed E-state index contributed by atoms with van der Waals surface area (Å²) in [6.45, 7) is 6.24. The fourth-order valence-corrected chi connectivity index (χ4v) is 2.13. The predicted molar refractivity (Wildman–Crippen MR) is 98.8 cm³/mol. The Hall–Kier alpha value is -2.45. The third-order valence-electron chi connectivity index (χ3n) is 3.21. The van der Waals surface area contributed by atoms with Crippen LogP contribution in [0.4, 0.5) is 13.2 Å². The highest BCUT2D eigenvalue weighted by Gasteiger charge is 2.28. The van der Waals surface area contributed by atoms with Crippen molar-refractivity contribution in [2.75, 3.05) is 20.2 Å². The first kappa shape index (κ1) is 22.6. The summed E-state index contributed by atoms with van der Waals surface area (Å²) in [6, 6.07) is 5.02. The van der Waals surface area contributed by atoms with Crippen LogP contribution in [-0.4, -0.2) is 43.8 Å². The maximum Gasteiger partial charge on any atom is 0.422 e. The number of rotatable bonds is 6. The highest BCUT2D eigenvalue weighted by atomic mass is 19.4. The van der Waals surface area contributed by atoms with Crippen molar-refractivity contribution in [1.29, 1.82) is 0 Å². The number of alkyl halides is 3. The number of guanidine groups is 1.